The van der Waals surface area contributed by atoms with E-state index in [4.69, 9.17) is 5.11 Å². The lowest BCUT2D eigenvalue weighted by molar-refractivity contribution is -0.384. The lowest BCUT2D eigenvalue weighted by Gasteiger charge is -2.00. The highest BCUT2D eigenvalue weighted by atomic mass is 16.6. The van der Waals surface area contributed by atoms with Crippen LogP contribution < -0.4 is 5.43 Å². The van der Waals surface area contributed by atoms with Crippen molar-refractivity contribution >= 4 is 23.8 Å². The first-order valence-electron chi connectivity index (χ1n) is 6.38. The molecule has 0 aromatic heterocycles. The van der Waals surface area contributed by atoms with Gasteiger partial charge in [-0.1, -0.05) is 12.1 Å². The molecule has 0 unspecified atom stereocenters. The first kappa shape index (κ1) is 15.8. The second-order valence-electron chi connectivity index (χ2n) is 4.43. The number of carbonyl (C=O) groups excluding carboxylic acids is 1. The number of non-ortho nitro benzene ring substituents is 1. The summed E-state index contributed by atoms with van der Waals surface area (Å²) in [4.78, 5) is 32.5. The molecule has 0 fully saturated rings. The Bertz CT molecular complexity index is 767. The second kappa shape index (κ2) is 6.94. The highest BCUT2D eigenvalue weighted by Crippen LogP contribution is 2.11. The summed E-state index contributed by atoms with van der Waals surface area (Å²) < 4.78 is 0. The number of carboxylic acids is 1. The molecule has 0 aliphatic heterocycles. The minimum Gasteiger partial charge on any atom is -0.478 e. The van der Waals surface area contributed by atoms with Crippen LogP contribution in [0.5, 0.6) is 0 Å². The minimum atomic E-state index is -1.03. The number of hydrogen-bond donors (Lipinski definition) is 2. The zero-order valence-electron chi connectivity index (χ0n) is 11.7. The molecule has 8 nitrogen and oxygen atoms in total. The van der Waals surface area contributed by atoms with Crippen LogP contribution in [0.3, 0.4) is 0 Å². The van der Waals surface area contributed by atoms with Crippen molar-refractivity contribution in [2.45, 2.75) is 0 Å². The van der Waals surface area contributed by atoms with Crippen LogP contribution in [0, 0.1) is 10.1 Å². The Morgan fingerprint density at radius 1 is 1.04 bits per heavy atom. The van der Waals surface area contributed by atoms with Gasteiger partial charge in [0.1, 0.15) is 0 Å². The molecule has 2 aromatic carbocycles. The molecule has 0 spiro atoms. The SMILES string of the molecule is O=C(O)c1ccc(C=NNC(=O)c2ccc([N+](=O)[O-])cc2)cc1. The van der Waals surface area contributed by atoms with Gasteiger partial charge in [-0.05, 0) is 29.8 Å². The molecule has 23 heavy (non-hydrogen) atoms. The minimum absolute atomic E-state index is 0.108. The van der Waals surface area contributed by atoms with E-state index in [1.165, 1.54) is 42.6 Å². The van der Waals surface area contributed by atoms with E-state index in [1.807, 2.05) is 0 Å². The standard InChI is InChI=1S/C15H11N3O5/c19-14(11-5-7-13(8-6-11)18(22)23)17-16-9-10-1-3-12(4-2-10)15(20)21/h1-9H,(H,17,19)(H,20,21). The molecule has 2 rings (SSSR count). The van der Waals surface area contributed by atoms with Crippen LogP contribution in [0.25, 0.3) is 0 Å². The van der Waals surface area contributed by atoms with Crippen molar-refractivity contribution in [3.05, 3.63) is 75.3 Å². The number of amides is 1. The predicted octanol–water partition coefficient (Wildman–Crippen LogP) is 2.06. The van der Waals surface area contributed by atoms with Gasteiger partial charge in [0.15, 0.2) is 0 Å². The van der Waals surface area contributed by atoms with Crippen LogP contribution >= 0.6 is 0 Å². The highest BCUT2D eigenvalue weighted by molar-refractivity contribution is 5.95. The number of aromatic carboxylic acids is 1. The van der Waals surface area contributed by atoms with Gasteiger partial charge in [-0.25, -0.2) is 10.2 Å². The summed E-state index contributed by atoms with van der Waals surface area (Å²) in [6.45, 7) is 0. The van der Waals surface area contributed by atoms with Gasteiger partial charge in [-0.15, -0.1) is 0 Å². The van der Waals surface area contributed by atoms with Crippen molar-refractivity contribution < 1.29 is 19.6 Å². The second-order valence-corrected chi connectivity index (χ2v) is 4.43. The summed E-state index contributed by atoms with van der Waals surface area (Å²) >= 11 is 0. The van der Waals surface area contributed by atoms with Crippen molar-refractivity contribution in [3.8, 4) is 0 Å². The van der Waals surface area contributed by atoms with Crippen molar-refractivity contribution in [1.82, 2.24) is 5.43 Å². The average Bonchev–Trinajstić information content (AvgIpc) is 2.55. The molecule has 2 N–H and O–H groups in total. The summed E-state index contributed by atoms with van der Waals surface area (Å²) in [5, 5.41) is 23.0. The Balaban J connectivity index is 1.97. The lowest BCUT2D eigenvalue weighted by Crippen LogP contribution is -2.17. The summed E-state index contributed by atoms with van der Waals surface area (Å²) in [7, 11) is 0. The highest BCUT2D eigenvalue weighted by Gasteiger charge is 2.08. The van der Waals surface area contributed by atoms with Crippen LogP contribution in [0.1, 0.15) is 26.3 Å². The Labute approximate surface area is 130 Å². The molecule has 0 heterocycles. The molecule has 116 valence electrons. The number of rotatable bonds is 5. The van der Waals surface area contributed by atoms with Gasteiger partial charge in [0.05, 0.1) is 16.7 Å². The summed E-state index contributed by atoms with van der Waals surface area (Å²) in [5.74, 6) is -1.54. The molecule has 2 aromatic rings. The van der Waals surface area contributed by atoms with Gasteiger partial charge in [-0.3, -0.25) is 14.9 Å². The topological polar surface area (TPSA) is 122 Å². The molecule has 0 saturated carbocycles. The Morgan fingerprint density at radius 3 is 2.13 bits per heavy atom. The lowest BCUT2D eigenvalue weighted by atomic mass is 10.1. The van der Waals surface area contributed by atoms with Crippen LogP contribution in [0.15, 0.2) is 53.6 Å². The van der Waals surface area contributed by atoms with Gasteiger partial charge in [-0.2, -0.15) is 5.10 Å². The van der Waals surface area contributed by atoms with Gasteiger partial charge >= 0.3 is 5.97 Å². The number of carboxylic acid groups (broad SMARTS) is 1. The summed E-state index contributed by atoms with van der Waals surface area (Å²) in [6, 6.07) is 11.0. The molecule has 8 heteroatoms. The molecule has 0 atom stereocenters. The number of benzene rings is 2. The molecule has 0 saturated heterocycles. The van der Waals surface area contributed by atoms with Gasteiger partial charge in [0, 0.05) is 17.7 Å². The Hall–Kier alpha value is -3.55. The fraction of sp³-hybridized carbons (Fsp3) is 0. The van der Waals surface area contributed by atoms with Crippen molar-refractivity contribution in [2.75, 3.05) is 0 Å². The van der Waals surface area contributed by atoms with E-state index >= 15 is 0 Å². The first-order chi connectivity index (χ1) is 11.0. The summed E-state index contributed by atoms with van der Waals surface area (Å²) in [5.41, 5.74) is 3.16. The smallest absolute Gasteiger partial charge is 0.335 e. The third kappa shape index (κ3) is 4.21. The maximum Gasteiger partial charge on any atom is 0.335 e. The Kier molecular flexibility index (Phi) is 4.78. The number of carbonyl (C=O) groups is 2. The number of hydrazone groups is 1. The summed E-state index contributed by atoms with van der Waals surface area (Å²) in [6.07, 6.45) is 1.36. The number of nitrogens with one attached hydrogen (secondary N) is 1. The fourth-order valence-electron chi connectivity index (χ4n) is 1.68. The molecular formula is C15H11N3O5. The number of hydrogen-bond acceptors (Lipinski definition) is 5. The fourth-order valence-corrected chi connectivity index (χ4v) is 1.68. The third-order valence-electron chi connectivity index (χ3n) is 2.88. The quantitative estimate of drug-likeness (QED) is 0.497. The van der Waals surface area contributed by atoms with E-state index in [-0.39, 0.29) is 16.8 Å². The molecule has 0 bridgehead atoms. The van der Waals surface area contributed by atoms with E-state index in [0.29, 0.717) is 5.56 Å². The molecule has 0 radical (unpaired) electrons. The average molecular weight is 313 g/mol. The van der Waals surface area contributed by atoms with Crippen LogP contribution in [0.4, 0.5) is 5.69 Å². The van der Waals surface area contributed by atoms with E-state index in [0.717, 1.165) is 0 Å². The van der Waals surface area contributed by atoms with Gasteiger partial charge in [0.25, 0.3) is 11.6 Å². The maximum absolute atomic E-state index is 11.8. The first-order valence-corrected chi connectivity index (χ1v) is 6.38. The molecule has 0 aliphatic carbocycles. The van der Waals surface area contributed by atoms with Gasteiger partial charge in [0.2, 0.25) is 0 Å². The monoisotopic (exact) mass is 313 g/mol. The van der Waals surface area contributed by atoms with Crippen molar-refractivity contribution in [3.63, 3.8) is 0 Å². The largest absolute Gasteiger partial charge is 0.478 e. The zero-order chi connectivity index (χ0) is 16.8. The zero-order valence-corrected chi connectivity index (χ0v) is 11.7. The van der Waals surface area contributed by atoms with Crippen molar-refractivity contribution in [1.29, 1.82) is 0 Å². The van der Waals surface area contributed by atoms with E-state index in [2.05, 4.69) is 10.5 Å². The third-order valence-corrected chi connectivity index (χ3v) is 2.88. The maximum atomic E-state index is 11.8. The number of nitrogens with zero attached hydrogens (tertiary/aromatic N) is 2. The van der Waals surface area contributed by atoms with E-state index in [9.17, 15) is 19.7 Å². The van der Waals surface area contributed by atoms with Crippen molar-refractivity contribution in [2.24, 2.45) is 5.10 Å². The number of nitro benzene ring substituents is 1. The number of nitro groups is 1. The predicted molar refractivity (Wildman–Crippen MR) is 81.6 cm³/mol. The van der Waals surface area contributed by atoms with Crippen LogP contribution in [-0.2, 0) is 0 Å². The normalized spacial score (nSPS) is 10.4. The molecular weight excluding hydrogens is 302 g/mol. The molecule has 1 amide bonds. The van der Waals surface area contributed by atoms with Crippen LogP contribution in [0.2, 0.25) is 0 Å². The van der Waals surface area contributed by atoms with E-state index in [1.54, 1.807) is 12.1 Å². The van der Waals surface area contributed by atoms with E-state index < -0.39 is 16.8 Å². The molecule has 0 aliphatic rings. The Morgan fingerprint density at radius 2 is 1.61 bits per heavy atom. The van der Waals surface area contributed by atoms with Gasteiger partial charge < -0.3 is 5.11 Å². The van der Waals surface area contributed by atoms with Crippen LogP contribution in [-0.4, -0.2) is 28.1 Å².